The van der Waals surface area contributed by atoms with Gasteiger partial charge in [0, 0.05) is 22.9 Å². The summed E-state index contributed by atoms with van der Waals surface area (Å²) >= 11 is 0. The fourth-order valence-electron chi connectivity index (χ4n) is 1.81. The summed E-state index contributed by atoms with van der Waals surface area (Å²) in [5.41, 5.74) is 3.59. The third-order valence-electron chi connectivity index (χ3n) is 2.52. The van der Waals surface area contributed by atoms with Crippen LogP contribution in [0.25, 0.3) is 10.8 Å². The second-order valence-electron chi connectivity index (χ2n) is 3.85. The third kappa shape index (κ3) is 2.60. The van der Waals surface area contributed by atoms with Gasteiger partial charge in [0.15, 0.2) is 0 Å². The number of quaternary nitrogens is 1. The molecule has 9 heteroatoms. The summed E-state index contributed by atoms with van der Waals surface area (Å²) in [4.78, 5) is -1.18. The maximum atomic E-state index is 11.1. The summed E-state index contributed by atoms with van der Waals surface area (Å²) in [6, 6.07) is 5.78. The molecular formula is C10H8NO6S2-. The van der Waals surface area contributed by atoms with Gasteiger partial charge in [-0.25, -0.2) is 16.8 Å². The molecule has 7 nitrogen and oxygen atoms in total. The standard InChI is InChI=1S/C10H9NO6S2/c11-6-4-8-7(10(5-6)19(15,16)17)2-1-3-9(8)18(12,13)14/h1-5H,11H2,(H,12,13,14)(H,15,16,17)/p-1. The van der Waals surface area contributed by atoms with Crippen LogP contribution in [0, 0.1) is 0 Å². The number of rotatable bonds is 2. The normalized spacial score (nSPS) is 12.8. The van der Waals surface area contributed by atoms with Gasteiger partial charge < -0.3 is 14.8 Å². The summed E-state index contributed by atoms with van der Waals surface area (Å²) in [7, 11) is -9.58. The maximum Gasteiger partial charge on any atom is 0.129 e. The summed E-state index contributed by atoms with van der Waals surface area (Å²) in [6.45, 7) is 0. The fourth-order valence-corrected chi connectivity index (χ4v) is 3.23. The molecule has 0 aliphatic carbocycles. The van der Waals surface area contributed by atoms with E-state index >= 15 is 0 Å². The predicted octanol–water partition coefficient (Wildman–Crippen LogP) is -0.479. The van der Waals surface area contributed by atoms with E-state index in [1.807, 2.05) is 0 Å². The molecular weight excluding hydrogens is 294 g/mol. The number of benzene rings is 2. The highest BCUT2D eigenvalue weighted by atomic mass is 32.2. The first-order chi connectivity index (χ1) is 8.60. The van der Waals surface area contributed by atoms with E-state index in [0.717, 1.165) is 12.1 Å². The van der Waals surface area contributed by atoms with Crippen LogP contribution < -0.4 is 5.73 Å². The summed E-state index contributed by atoms with van der Waals surface area (Å²) < 4.78 is 66.8. The first kappa shape index (κ1) is 13.9. The van der Waals surface area contributed by atoms with Crippen molar-refractivity contribution in [3.8, 4) is 0 Å². The number of hydrogen-bond donors (Lipinski definition) is 1. The van der Waals surface area contributed by atoms with Crippen molar-refractivity contribution in [2.45, 2.75) is 9.79 Å². The van der Waals surface area contributed by atoms with Crippen molar-refractivity contribution in [1.82, 2.24) is 0 Å². The zero-order valence-electron chi connectivity index (χ0n) is 9.36. The highest BCUT2D eigenvalue weighted by Crippen LogP contribution is 2.30. The van der Waals surface area contributed by atoms with E-state index in [4.69, 9.17) is 0 Å². The van der Waals surface area contributed by atoms with Gasteiger partial charge in [0.2, 0.25) is 0 Å². The van der Waals surface area contributed by atoms with Crippen LogP contribution in [-0.4, -0.2) is 25.9 Å². The molecule has 0 bridgehead atoms. The van der Waals surface area contributed by atoms with Gasteiger partial charge in [0.25, 0.3) is 0 Å². The minimum Gasteiger partial charge on any atom is -0.744 e. The Morgan fingerprint density at radius 1 is 0.842 bits per heavy atom. The van der Waals surface area contributed by atoms with Crippen molar-refractivity contribution in [1.29, 1.82) is 0 Å². The zero-order chi connectivity index (χ0) is 14.4. The molecule has 2 aromatic rings. The van der Waals surface area contributed by atoms with Crippen molar-refractivity contribution < 1.29 is 31.7 Å². The molecule has 0 unspecified atom stereocenters. The van der Waals surface area contributed by atoms with Crippen LogP contribution in [0.2, 0.25) is 0 Å². The lowest BCUT2D eigenvalue weighted by atomic mass is 10.1. The van der Waals surface area contributed by atoms with E-state index in [1.165, 1.54) is 18.2 Å². The lowest BCUT2D eigenvalue weighted by molar-refractivity contribution is -0.254. The second-order valence-corrected chi connectivity index (χ2v) is 6.55. The highest BCUT2D eigenvalue weighted by Gasteiger charge is 2.15. The SMILES string of the molecule is [NH3+]c1cc(S(=O)(=O)[O-])c2cccc(S(=O)(=O)[O-])c2c1. The van der Waals surface area contributed by atoms with Gasteiger partial charge in [-0.1, -0.05) is 12.1 Å². The van der Waals surface area contributed by atoms with E-state index in [-0.39, 0.29) is 16.5 Å². The molecule has 0 amide bonds. The molecule has 0 saturated carbocycles. The molecule has 102 valence electrons. The van der Waals surface area contributed by atoms with Gasteiger partial charge >= 0.3 is 0 Å². The monoisotopic (exact) mass is 302 g/mol. The zero-order valence-corrected chi connectivity index (χ0v) is 11.0. The van der Waals surface area contributed by atoms with E-state index in [9.17, 15) is 25.9 Å². The Kier molecular flexibility index (Phi) is 3.11. The van der Waals surface area contributed by atoms with Crippen molar-refractivity contribution in [2.24, 2.45) is 0 Å². The molecule has 2 rings (SSSR count). The van der Waals surface area contributed by atoms with Crippen molar-refractivity contribution in [3.63, 3.8) is 0 Å². The molecule has 0 radical (unpaired) electrons. The smallest absolute Gasteiger partial charge is 0.129 e. The topological polar surface area (TPSA) is 142 Å². The van der Waals surface area contributed by atoms with Crippen LogP contribution in [0.3, 0.4) is 0 Å². The van der Waals surface area contributed by atoms with Gasteiger partial charge in [-0.2, -0.15) is 0 Å². The first-order valence-corrected chi connectivity index (χ1v) is 7.73. The Morgan fingerprint density at radius 2 is 1.42 bits per heavy atom. The lowest BCUT2D eigenvalue weighted by Gasteiger charge is -2.14. The van der Waals surface area contributed by atoms with Crippen molar-refractivity contribution >= 4 is 36.7 Å². The lowest BCUT2D eigenvalue weighted by Crippen LogP contribution is -2.40. The van der Waals surface area contributed by atoms with Crippen LogP contribution in [0.5, 0.6) is 0 Å². The molecule has 0 aliphatic heterocycles. The molecule has 19 heavy (non-hydrogen) atoms. The van der Waals surface area contributed by atoms with Crippen LogP contribution in [0.4, 0.5) is 5.69 Å². The average molecular weight is 302 g/mol. The Labute approximate surface area is 109 Å². The molecule has 3 N–H and O–H groups in total. The van der Waals surface area contributed by atoms with Crippen molar-refractivity contribution in [3.05, 3.63) is 30.3 Å². The molecule has 0 fully saturated rings. The predicted molar refractivity (Wildman–Crippen MR) is 62.4 cm³/mol. The minimum atomic E-state index is -4.80. The quantitative estimate of drug-likeness (QED) is 0.742. The molecule has 0 saturated heterocycles. The molecule has 0 spiro atoms. The summed E-state index contributed by atoms with van der Waals surface area (Å²) in [6.07, 6.45) is 0. The molecule has 2 aromatic carbocycles. The fraction of sp³-hybridized carbons (Fsp3) is 0. The highest BCUT2D eigenvalue weighted by molar-refractivity contribution is 7.86. The second kappa shape index (κ2) is 4.25. The Balaban J connectivity index is 3.07. The Hall–Kier alpha value is -1.52. The van der Waals surface area contributed by atoms with Gasteiger partial charge in [-0.05, 0) is 6.07 Å². The van der Waals surface area contributed by atoms with Crippen LogP contribution in [-0.2, 0) is 20.2 Å². The van der Waals surface area contributed by atoms with Crippen LogP contribution in [0.15, 0.2) is 40.1 Å². The summed E-state index contributed by atoms with van der Waals surface area (Å²) in [5.74, 6) is 0. The Morgan fingerprint density at radius 3 is 1.95 bits per heavy atom. The largest absolute Gasteiger partial charge is 0.744 e. The van der Waals surface area contributed by atoms with E-state index < -0.39 is 30.0 Å². The Bertz CT molecular complexity index is 870. The number of hydrogen-bond acceptors (Lipinski definition) is 6. The van der Waals surface area contributed by atoms with E-state index in [2.05, 4.69) is 5.73 Å². The van der Waals surface area contributed by atoms with Crippen LogP contribution in [0.1, 0.15) is 0 Å². The van der Waals surface area contributed by atoms with Crippen molar-refractivity contribution in [2.75, 3.05) is 0 Å². The van der Waals surface area contributed by atoms with E-state index in [1.54, 1.807) is 0 Å². The first-order valence-electron chi connectivity index (χ1n) is 4.91. The van der Waals surface area contributed by atoms with Gasteiger partial charge in [-0.3, -0.25) is 0 Å². The molecule has 0 heterocycles. The minimum absolute atomic E-state index is 0.112. The molecule has 0 aromatic heterocycles. The van der Waals surface area contributed by atoms with Gasteiger partial charge in [0.1, 0.15) is 25.9 Å². The number of fused-ring (bicyclic) bond motifs is 1. The molecule has 0 aliphatic rings. The third-order valence-corrected chi connectivity index (χ3v) is 4.29. The van der Waals surface area contributed by atoms with Gasteiger partial charge in [0.05, 0.1) is 9.79 Å². The van der Waals surface area contributed by atoms with Gasteiger partial charge in [-0.15, -0.1) is 0 Å². The maximum absolute atomic E-state index is 11.1. The van der Waals surface area contributed by atoms with E-state index in [0.29, 0.717) is 0 Å². The average Bonchev–Trinajstić information content (AvgIpc) is 2.24. The summed E-state index contributed by atoms with van der Waals surface area (Å²) in [5, 5.41) is -0.237. The molecule has 0 atom stereocenters. The van der Waals surface area contributed by atoms with Crippen LogP contribution >= 0.6 is 0 Å².